The van der Waals surface area contributed by atoms with Crippen molar-refractivity contribution in [1.82, 2.24) is 4.90 Å². The molecule has 116 valence electrons. The maximum absolute atomic E-state index is 12.9. The number of hydrogen-bond acceptors (Lipinski definition) is 2. The Morgan fingerprint density at radius 3 is 2.73 bits per heavy atom. The van der Waals surface area contributed by atoms with Crippen molar-refractivity contribution in [2.24, 2.45) is 0 Å². The fourth-order valence-corrected chi connectivity index (χ4v) is 3.82. The Hall–Kier alpha value is -1.49. The number of imide groups is 1. The van der Waals surface area contributed by atoms with Crippen molar-refractivity contribution in [2.75, 3.05) is 6.54 Å². The summed E-state index contributed by atoms with van der Waals surface area (Å²) in [5.74, 6) is -0.152. The van der Waals surface area contributed by atoms with Gasteiger partial charge in [0.2, 0.25) is 0 Å². The molecule has 0 aromatic carbocycles. The summed E-state index contributed by atoms with van der Waals surface area (Å²) >= 11 is 3.50. The number of urea groups is 1. The molecule has 0 N–H and O–H groups in total. The van der Waals surface area contributed by atoms with Gasteiger partial charge in [0.1, 0.15) is 23.9 Å². The molecule has 3 rings (SSSR count). The lowest BCUT2D eigenvalue weighted by atomic mass is 9.92. The van der Waals surface area contributed by atoms with Gasteiger partial charge >= 0.3 is 11.9 Å². The fourth-order valence-electron chi connectivity index (χ4n) is 3.41. The summed E-state index contributed by atoms with van der Waals surface area (Å²) < 4.78 is 1.66. The number of alkyl halides is 1. The van der Waals surface area contributed by atoms with E-state index in [9.17, 15) is 9.59 Å². The molecule has 0 aromatic heterocycles. The van der Waals surface area contributed by atoms with E-state index in [1.54, 1.807) is 10.7 Å². The maximum Gasteiger partial charge on any atom is 0.501 e. The van der Waals surface area contributed by atoms with Crippen molar-refractivity contribution in [3.05, 3.63) is 36.5 Å². The van der Waals surface area contributed by atoms with Crippen LogP contribution in [-0.2, 0) is 4.79 Å². The molecular weight excluding hydrogens is 344 g/mol. The lowest BCUT2D eigenvalue weighted by Gasteiger charge is -2.31. The molecule has 0 radical (unpaired) electrons. The zero-order valence-electron chi connectivity index (χ0n) is 12.5. The zero-order valence-corrected chi connectivity index (χ0v) is 14.1. The number of carbonyl (C=O) groups excluding carboxylic acids is 2. The van der Waals surface area contributed by atoms with Gasteiger partial charge in [-0.15, -0.1) is 0 Å². The van der Waals surface area contributed by atoms with Crippen LogP contribution >= 0.6 is 15.9 Å². The van der Waals surface area contributed by atoms with Crippen LogP contribution in [0, 0.1) is 0 Å². The van der Waals surface area contributed by atoms with Crippen LogP contribution in [0.4, 0.5) is 4.79 Å². The van der Waals surface area contributed by atoms with Gasteiger partial charge in [0.15, 0.2) is 0 Å². The van der Waals surface area contributed by atoms with Crippen LogP contribution in [0.1, 0.15) is 32.1 Å². The number of amides is 3. The summed E-state index contributed by atoms with van der Waals surface area (Å²) in [5.41, 5.74) is 1.31. The normalized spacial score (nSPS) is 26.1. The molecule has 1 atom stereocenters. The highest BCUT2D eigenvalue weighted by atomic mass is 79.9. The number of nitrogens with zero attached hydrogens (tertiary/aromatic N) is 2. The number of allylic oxidation sites excluding steroid dienone is 3. The van der Waals surface area contributed by atoms with Crippen molar-refractivity contribution >= 4 is 33.6 Å². The maximum atomic E-state index is 12.9. The predicted molar refractivity (Wildman–Crippen MR) is 89.4 cm³/mol. The van der Waals surface area contributed by atoms with E-state index in [4.69, 9.17) is 0 Å². The fraction of sp³-hybridized carbons (Fsp3) is 0.471. The van der Waals surface area contributed by atoms with Crippen LogP contribution in [0.2, 0.25) is 0 Å². The van der Waals surface area contributed by atoms with Crippen molar-refractivity contribution in [1.29, 1.82) is 0 Å². The minimum atomic E-state index is -0.207. The number of rotatable bonds is 3. The second-order valence-corrected chi connectivity index (χ2v) is 6.98. The Morgan fingerprint density at radius 2 is 2.05 bits per heavy atom. The predicted octanol–water partition coefficient (Wildman–Crippen LogP) is 3.18. The van der Waals surface area contributed by atoms with Crippen LogP contribution in [0.15, 0.2) is 36.5 Å². The quantitative estimate of drug-likeness (QED) is 0.438. The highest BCUT2D eigenvalue weighted by molar-refractivity contribution is 9.09. The summed E-state index contributed by atoms with van der Waals surface area (Å²) in [6, 6.07) is -0.176. The largest absolute Gasteiger partial charge is 0.501 e. The highest BCUT2D eigenvalue weighted by Gasteiger charge is 2.48. The van der Waals surface area contributed by atoms with Gasteiger partial charge in [0.05, 0.1) is 4.83 Å². The Morgan fingerprint density at radius 1 is 1.32 bits per heavy atom. The smallest absolute Gasteiger partial charge is 0.240 e. The third-order valence-corrected chi connectivity index (χ3v) is 5.04. The van der Waals surface area contributed by atoms with Crippen LogP contribution in [-0.4, -0.2) is 44.5 Å². The number of hydrogen-bond donors (Lipinski definition) is 0. The Labute approximate surface area is 139 Å². The number of halogens is 1. The minimum absolute atomic E-state index is 0.0298. The molecule has 1 unspecified atom stereocenters. The summed E-state index contributed by atoms with van der Waals surface area (Å²) in [4.78, 5) is 27.2. The lowest BCUT2D eigenvalue weighted by molar-refractivity contribution is -0.425. The van der Waals surface area contributed by atoms with E-state index in [1.165, 1.54) is 11.3 Å². The van der Waals surface area contributed by atoms with Crippen LogP contribution in [0.25, 0.3) is 0 Å². The molecule has 0 saturated heterocycles. The van der Waals surface area contributed by atoms with Crippen molar-refractivity contribution < 1.29 is 14.2 Å². The average Bonchev–Trinajstić information content (AvgIpc) is 2.53. The lowest BCUT2D eigenvalue weighted by Crippen LogP contribution is -2.55. The second kappa shape index (κ2) is 6.32. The Balaban J connectivity index is 2.04. The molecule has 22 heavy (non-hydrogen) atoms. The molecule has 0 spiro atoms. The van der Waals surface area contributed by atoms with E-state index < -0.39 is 0 Å². The molecule has 1 aliphatic heterocycles. The summed E-state index contributed by atoms with van der Waals surface area (Å²) in [6.07, 6.45) is 12.6. The highest BCUT2D eigenvalue weighted by Crippen LogP contribution is 2.29. The third kappa shape index (κ3) is 2.62. The topological polar surface area (TPSA) is 40.4 Å². The summed E-state index contributed by atoms with van der Waals surface area (Å²) in [7, 11) is 0. The molecule has 2 aliphatic carbocycles. The zero-order chi connectivity index (χ0) is 15.7. The summed E-state index contributed by atoms with van der Waals surface area (Å²) in [6.45, 7) is 4.15. The molecule has 5 heteroatoms. The van der Waals surface area contributed by atoms with Gasteiger partial charge in [0.25, 0.3) is 0 Å². The van der Waals surface area contributed by atoms with Gasteiger partial charge in [-0.2, -0.15) is 14.3 Å². The standard InChI is InChI=1S/C17H20BrN2O2/c1-2-10-19-15-9-8-12(18)11-14(15)16(21)20(17(19)22)13-6-4-3-5-7-13/h2,8-9,11-13H,1,3-7,10H2/q+1. The van der Waals surface area contributed by atoms with Gasteiger partial charge in [-0.1, -0.05) is 41.1 Å². The Bertz CT molecular complexity index is 612. The van der Waals surface area contributed by atoms with E-state index in [1.807, 2.05) is 18.2 Å². The number of carbonyl (C=O) groups is 2. The third-order valence-electron chi connectivity index (χ3n) is 4.47. The molecule has 4 nitrogen and oxygen atoms in total. The minimum Gasteiger partial charge on any atom is -0.240 e. The van der Waals surface area contributed by atoms with Gasteiger partial charge in [-0.3, -0.25) is 0 Å². The van der Waals surface area contributed by atoms with Gasteiger partial charge in [0, 0.05) is 0 Å². The van der Waals surface area contributed by atoms with E-state index in [-0.39, 0.29) is 22.8 Å². The van der Waals surface area contributed by atoms with E-state index >= 15 is 0 Å². The molecule has 0 bridgehead atoms. The van der Waals surface area contributed by atoms with Crippen molar-refractivity contribution in [2.45, 2.75) is 43.0 Å². The van der Waals surface area contributed by atoms with Gasteiger partial charge in [-0.25, -0.2) is 4.79 Å². The Kier molecular flexibility index (Phi) is 4.43. The van der Waals surface area contributed by atoms with Crippen molar-refractivity contribution in [3.63, 3.8) is 0 Å². The van der Waals surface area contributed by atoms with E-state index in [0.29, 0.717) is 17.8 Å². The van der Waals surface area contributed by atoms with Crippen LogP contribution in [0.3, 0.4) is 0 Å². The van der Waals surface area contributed by atoms with E-state index in [0.717, 1.165) is 25.7 Å². The first-order chi connectivity index (χ1) is 10.6. The van der Waals surface area contributed by atoms with Crippen LogP contribution < -0.4 is 0 Å². The second-order valence-electron chi connectivity index (χ2n) is 5.92. The molecular formula is C17H20BrN2O2+. The summed E-state index contributed by atoms with van der Waals surface area (Å²) in [5, 5.41) is 0. The first kappa shape index (κ1) is 15.4. The van der Waals surface area contributed by atoms with Gasteiger partial charge < -0.3 is 0 Å². The monoisotopic (exact) mass is 363 g/mol. The van der Waals surface area contributed by atoms with Crippen LogP contribution in [0.5, 0.6) is 0 Å². The number of fused-ring (bicyclic) bond motifs is 1. The average molecular weight is 364 g/mol. The van der Waals surface area contributed by atoms with Crippen molar-refractivity contribution in [3.8, 4) is 0 Å². The first-order valence-electron chi connectivity index (χ1n) is 7.81. The molecule has 3 aliphatic rings. The molecule has 3 amide bonds. The first-order valence-corrected chi connectivity index (χ1v) is 8.72. The molecule has 1 heterocycles. The SMILES string of the molecule is C=CC[N+]1=C2C=CC(Br)C=C2C(=O)N(C2CCCCC2)C1=O. The molecule has 1 fully saturated rings. The molecule has 0 aromatic rings. The molecule has 1 saturated carbocycles. The van der Waals surface area contributed by atoms with E-state index in [2.05, 4.69) is 22.5 Å². The van der Waals surface area contributed by atoms with Gasteiger partial charge in [-0.05, 0) is 37.8 Å².